The zero-order valence-electron chi connectivity index (χ0n) is 34.2. The van der Waals surface area contributed by atoms with Crippen LogP contribution in [-0.2, 0) is 28.6 Å². The number of unbranched alkanes of at least 4 members (excludes halogenated alkanes) is 19. The fourth-order valence-corrected chi connectivity index (χ4v) is 6.07. The van der Waals surface area contributed by atoms with Crippen molar-refractivity contribution in [2.24, 2.45) is 0 Å². The van der Waals surface area contributed by atoms with E-state index in [-0.39, 0.29) is 42.7 Å². The maximum atomic E-state index is 12.7. The van der Waals surface area contributed by atoms with Gasteiger partial charge in [0.25, 0.3) is 0 Å². The number of hydrogen-bond acceptors (Lipinski definition) is 7. The molecule has 0 aliphatic heterocycles. The molecular weight excluding hydrogens is 654 g/mol. The molecule has 302 valence electrons. The second kappa shape index (κ2) is 35.6. The third-order valence-electron chi connectivity index (χ3n) is 9.35. The smallest absolute Gasteiger partial charge is 0.306 e. The number of esters is 2. The van der Waals surface area contributed by atoms with Gasteiger partial charge < -0.3 is 28.6 Å². The van der Waals surface area contributed by atoms with E-state index in [1.165, 1.54) is 83.5 Å². The summed E-state index contributed by atoms with van der Waals surface area (Å²) in [6.07, 6.45) is 38.7. The zero-order chi connectivity index (χ0) is 38.5. The molecule has 0 aliphatic carbocycles. The molecule has 0 bridgehead atoms. The lowest BCUT2D eigenvalue weighted by molar-refractivity contribution is -0.889. The maximum absolute atomic E-state index is 12.7. The topological polar surface area (TPSA) is 102 Å². The van der Waals surface area contributed by atoms with Gasteiger partial charge in [-0.15, -0.1) is 0 Å². The molecule has 0 aliphatic rings. The SMILES string of the molecule is CC/C=C/C=C/C=C/CCCCCCCCCC(=O)OC(COCCC(C(=O)[O-])[N+](C)(C)C)COC(=O)CCCCCCCCCCCCCCC. The molecule has 0 amide bonds. The van der Waals surface area contributed by atoms with Crippen molar-refractivity contribution in [3.63, 3.8) is 0 Å². The van der Waals surface area contributed by atoms with Crippen molar-refractivity contribution in [3.05, 3.63) is 36.5 Å². The fourth-order valence-electron chi connectivity index (χ4n) is 6.07. The highest BCUT2D eigenvalue weighted by molar-refractivity contribution is 5.70. The highest BCUT2D eigenvalue weighted by Gasteiger charge is 2.25. The Bertz CT molecular complexity index is 953. The zero-order valence-corrected chi connectivity index (χ0v) is 34.2. The van der Waals surface area contributed by atoms with Crippen LogP contribution in [0.4, 0.5) is 0 Å². The minimum atomic E-state index is -1.13. The van der Waals surface area contributed by atoms with Crippen LogP contribution in [0.2, 0.25) is 0 Å². The van der Waals surface area contributed by atoms with Crippen LogP contribution in [0.1, 0.15) is 174 Å². The van der Waals surface area contributed by atoms with Crippen LogP contribution < -0.4 is 5.11 Å². The van der Waals surface area contributed by atoms with Crippen LogP contribution in [0.3, 0.4) is 0 Å². The van der Waals surface area contributed by atoms with Crippen molar-refractivity contribution in [1.29, 1.82) is 0 Å². The monoisotopic (exact) mass is 734 g/mol. The molecule has 8 heteroatoms. The molecule has 0 radical (unpaired) electrons. The molecule has 0 fully saturated rings. The molecule has 0 spiro atoms. The van der Waals surface area contributed by atoms with Crippen molar-refractivity contribution in [1.82, 2.24) is 0 Å². The Hall–Kier alpha value is -2.45. The number of carbonyl (C=O) groups excluding carboxylic acids is 3. The van der Waals surface area contributed by atoms with Crippen molar-refractivity contribution in [2.75, 3.05) is 41.0 Å². The molecule has 2 unspecified atom stereocenters. The Morgan fingerprint density at radius 2 is 1.08 bits per heavy atom. The predicted molar refractivity (Wildman–Crippen MR) is 213 cm³/mol. The Kier molecular flexibility index (Phi) is 33.9. The van der Waals surface area contributed by atoms with Gasteiger partial charge >= 0.3 is 11.9 Å². The minimum Gasteiger partial charge on any atom is -0.544 e. The number of ether oxygens (including phenoxy) is 3. The molecule has 0 N–H and O–H groups in total. The lowest BCUT2D eigenvalue weighted by Crippen LogP contribution is -2.55. The highest BCUT2D eigenvalue weighted by atomic mass is 16.6. The molecule has 0 aromatic carbocycles. The largest absolute Gasteiger partial charge is 0.544 e. The van der Waals surface area contributed by atoms with Crippen LogP contribution >= 0.6 is 0 Å². The molecule has 0 saturated carbocycles. The van der Waals surface area contributed by atoms with Crippen molar-refractivity contribution < 1.29 is 38.2 Å². The standard InChI is InChI=1S/C44H79NO7/c1-6-8-10-12-14-16-18-20-21-23-25-27-29-31-33-35-43(47)52-40(38-50-37-36-41(44(48)49)45(3,4)5)39-51-42(46)34-32-30-28-26-24-22-19-17-15-13-11-9-7-2/h8,10,12,14,16,18,40-41H,6-7,9,11,13,15,17,19-39H2,1-5H3/b10-8+,14-12+,18-16+. The van der Waals surface area contributed by atoms with Crippen LogP contribution in [0.15, 0.2) is 36.5 Å². The summed E-state index contributed by atoms with van der Waals surface area (Å²) < 4.78 is 17.1. The first-order chi connectivity index (χ1) is 25.1. The second-order valence-electron chi connectivity index (χ2n) is 15.3. The van der Waals surface area contributed by atoms with Crippen LogP contribution in [0.25, 0.3) is 0 Å². The van der Waals surface area contributed by atoms with Gasteiger partial charge in [-0.1, -0.05) is 159 Å². The van der Waals surface area contributed by atoms with E-state index in [4.69, 9.17) is 14.2 Å². The summed E-state index contributed by atoms with van der Waals surface area (Å²) in [7, 11) is 5.40. The molecule has 8 nitrogen and oxygen atoms in total. The molecule has 0 rings (SSSR count). The molecule has 0 heterocycles. The van der Waals surface area contributed by atoms with Gasteiger partial charge in [0.15, 0.2) is 6.10 Å². The van der Waals surface area contributed by atoms with Gasteiger partial charge in [0.05, 0.1) is 40.3 Å². The van der Waals surface area contributed by atoms with Gasteiger partial charge in [0.1, 0.15) is 12.6 Å². The molecule has 0 aromatic rings. The third-order valence-corrected chi connectivity index (χ3v) is 9.35. The van der Waals surface area contributed by atoms with Crippen LogP contribution in [0.5, 0.6) is 0 Å². The average molecular weight is 734 g/mol. The van der Waals surface area contributed by atoms with Gasteiger partial charge in [-0.05, 0) is 32.1 Å². The minimum absolute atomic E-state index is 0.0377. The van der Waals surface area contributed by atoms with Crippen molar-refractivity contribution in [2.45, 2.75) is 187 Å². The van der Waals surface area contributed by atoms with Gasteiger partial charge in [-0.2, -0.15) is 0 Å². The lowest BCUT2D eigenvalue weighted by atomic mass is 10.0. The fraction of sp³-hybridized carbons (Fsp3) is 0.795. The summed E-state index contributed by atoms with van der Waals surface area (Å²) in [5.41, 5.74) is 0. The van der Waals surface area contributed by atoms with Gasteiger partial charge in [-0.25, -0.2) is 0 Å². The number of carbonyl (C=O) groups is 3. The molecular formula is C44H79NO7. The first-order valence-electron chi connectivity index (χ1n) is 21.0. The molecule has 0 aromatic heterocycles. The van der Waals surface area contributed by atoms with E-state index < -0.39 is 18.1 Å². The number of quaternary nitrogens is 1. The predicted octanol–water partition coefficient (Wildman–Crippen LogP) is 9.74. The summed E-state index contributed by atoms with van der Waals surface area (Å²) in [5, 5.41) is 11.6. The highest BCUT2D eigenvalue weighted by Crippen LogP contribution is 2.15. The number of nitrogens with zero attached hydrogens (tertiary/aromatic N) is 1. The molecule has 0 saturated heterocycles. The Labute approximate surface area is 319 Å². The number of allylic oxidation sites excluding steroid dienone is 6. The normalized spacial score (nSPS) is 13.3. The maximum Gasteiger partial charge on any atom is 0.306 e. The van der Waals surface area contributed by atoms with Crippen molar-refractivity contribution in [3.8, 4) is 0 Å². The molecule has 52 heavy (non-hydrogen) atoms. The van der Waals surface area contributed by atoms with Crippen LogP contribution in [0, 0.1) is 0 Å². The number of carboxylic acids is 1. The van der Waals surface area contributed by atoms with E-state index in [1.807, 2.05) is 0 Å². The Balaban J connectivity index is 4.38. The lowest BCUT2D eigenvalue weighted by Gasteiger charge is -2.34. The summed E-state index contributed by atoms with van der Waals surface area (Å²) in [4.78, 5) is 36.8. The summed E-state index contributed by atoms with van der Waals surface area (Å²) in [6.45, 7) is 4.52. The number of carboxylic acid groups (broad SMARTS) is 1. The Morgan fingerprint density at radius 3 is 1.58 bits per heavy atom. The van der Waals surface area contributed by atoms with E-state index in [0.717, 1.165) is 57.8 Å². The number of aliphatic carboxylic acids is 1. The summed E-state index contributed by atoms with van der Waals surface area (Å²) in [5.74, 6) is -1.75. The summed E-state index contributed by atoms with van der Waals surface area (Å²) in [6, 6.07) is -0.726. The first-order valence-corrected chi connectivity index (χ1v) is 21.0. The van der Waals surface area contributed by atoms with Gasteiger partial charge in [-0.3, -0.25) is 9.59 Å². The molecule has 2 atom stereocenters. The quantitative estimate of drug-likeness (QED) is 0.0271. The van der Waals surface area contributed by atoms with Crippen molar-refractivity contribution >= 4 is 17.9 Å². The van der Waals surface area contributed by atoms with E-state index >= 15 is 0 Å². The number of likely N-dealkylation sites (N-methyl/N-ethyl adjacent to an activating group) is 1. The van der Waals surface area contributed by atoms with E-state index in [0.29, 0.717) is 12.8 Å². The van der Waals surface area contributed by atoms with E-state index in [2.05, 4.69) is 50.3 Å². The van der Waals surface area contributed by atoms with E-state index in [9.17, 15) is 19.5 Å². The number of rotatable bonds is 37. The third kappa shape index (κ3) is 33.4. The average Bonchev–Trinajstić information content (AvgIpc) is 3.09. The number of hydrogen-bond donors (Lipinski definition) is 0. The van der Waals surface area contributed by atoms with Gasteiger partial charge in [0.2, 0.25) is 0 Å². The second-order valence-corrected chi connectivity index (χ2v) is 15.3. The van der Waals surface area contributed by atoms with E-state index in [1.54, 1.807) is 21.1 Å². The first kappa shape index (κ1) is 49.6. The van der Waals surface area contributed by atoms with Gasteiger partial charge in [0, 0.05) is 19.3 Å². The Morgan fingerprint density at radius 1 is 0.596 bits per heavy atom. The van der Waals surface area contributed by atoms with Crippen LogP contribution in [-0.4, -0.2) is 75.5 Å². The summed E-state index contributed by atoms with van der Waals surface area (Å²) >= 11 is 0.